The van der Waals surface area contributed by atoms with Crippen LogP contribution in [-0.2, 0) is 20.9 Å². The van der Waals surface area contributed by atoms with Gasteiger partial charge in [-0.2, -0.15) is 0 Å². The second-order valence-electron chi connectivity index (χ2n) is 8.74. The minimum Gasteiger partial charge on any atom is -0.469 e. The Morgan fingerprint density at radius 1 is 1.24 bits per heavy atom. The van der Waals surface area contributed by atoms with E-state index in [9.17, 15) is 9.59 Å². The number of carbonyl (C=O) groups is 2. The van der Waals surface area contributed by atoms with Gasteiger partial charge in [0, 0.05) is 35.4 Å². The number of rotatable bonds is 7. The van der Waals surface area contributed by atoms with Gasteiger partial charge in [-0.3, -0.25) is 14.6 Å². The molecule has 7 nitrogen and oxygen atoms in total. The van der Waals surface area contributed by atoms with Gasteiger partial charge in [0.25, 0.3) is 0 Å². The monoisotopic (exact) mass is 526 g/mol. The van der Waals surface area contributed by atoms with Gasteiger partial charge in [0.15, 0.2) is 0 Å². The van der Waals surface area contributed by atoms with Gasteiger partial charge in [-0.1, -0.05) is 39.7 Å². The van der Waals surface area contributed by atoms with Crippen LogP contribution in [-0.4, -0.2) is 55.9 Å². The number of fused-ring (bicyclic) bond motifs is 1. The summed E-state index contributed by atoms with van der Waals surface area (Å²) in [7, 11) is 1.35. The molecule has 1 aliphatic carbocycles. The number of hydrogen-bond donors (Lipinski definition) is 1. The van der Waals surface area contributed by atoms with E-state index in [1.165, 1.54) is 12.7 Å². The Labute approximate surface area is 209 Å². The van der Waals surface area contributed by atoms with Crippen molar-refractivity contribution in [2.45, 2.75) is 44.7 Å². The molecule has 0 saturated heterocycles. The zero-order valence-corrected chi connectivity index (χ0v) is 21.1. The van der Waals surface area contributed by atoms with Crippen LogP contribution in [0, 0.1) is 0 Å². The van der Waals surface area contributed by atoms with Crippen LogP contribution in [0.3, 0.4) is 0 Å². The second kappa shape index (κ2) is 11.5. The van der Waals surface area contributed by atoms with Gasteiger partial charge < -0.3 is 19.9 Å². The van der Waals surface area contributed by atoms with Crippen LogP contribution in [0.5, 0.6) is 0 Å². The summed E-state index contributed by atoms with van der Waals surface area (Å²) in [5, 5.41) is 3.26. The molecule has 1 atom stereocenters. The minimum absolute atomic E-state index is 0.0225. The molecule has 4 rings (SSSR count). The van der Waals surface area contributed by atoms with Crippen LogP contribution in [0.2, 0.25) is 0 Å². The van der Waals surface area contributed by atoms with Crippen molar-refractivity contribution in [1.82, 2.24) is 10.2 Å². The highest BCUT2D eigenvalue weighted by atomic mass is 79.9. The van der Waals surface area contributed by atoms with E-state index in [4.69, 9.17) is 4.74 Å². The van der Waals surface area contributed by atoms with E-state index >= 15 is 0 Å². The quantitative estimate of drug-likeness (QED) is 0.541. The molecule has 2 heterocycles. The summed E-state index contributed by atoms with van der Waals surface area (Å²) in [5.41, 5.74) is 4.57. The molecular weight excluding hydrogens is 496 g/mol. The van der Waals surface area contributed by atoms with Crippen LogP contribution in [0.15, 0.2) is 63.2 Å². The third-order valence-electron chi connectivity index (χ3n) is 6.37. The Bertz CT molecular complexity index is 1050. The fraction of sp³-hybridized carbons (Fsp3) is 0.423. The van der Waals surface area contributed by atoms with Crippen LogP contribution in [0.1, 0.15) is 37.7 Å². The van der Waals surface area contributed by atoms with E-state index in [0.717, 1.165) is 40.7 Å². The standard InChI is InChI=1S/C26H31BrN4O3/c1-34-26(33)10-9-25(32)31-15-20-14-21(27)7-8-24(20)30(16-22-11-12-28-18-29-22)17-23(31)13-19-5-3-2-4-6-19/h3,5-8,11,14,18,23H,2,4,9-10,12-13,15-17H2,1H3,(H,28,29)/t23-/m1/s1. The number of methoxy groups -OCH3 is 1. The summed E-state index contributed by atoms with van der Waals surface area (Å²) in [6.07, 6.45) is 13.6. The molecule has 0 saturated carbocycles. The van der Waals surface area contributed by atoms with Gasteiger partial charge in [-0.05, 0) is 49.1 Å². The number of nitrogens with one attached hydrogen (secondary N) is 1. The van der Waals surface area contributed by atoms with Crippen LogP contribution >= 0.6 is 15.9 Å². The Hall–Kier alpha value is -2.87. The number of anilines is 1. The summed E-state index contributed by atoms with van der Waals surface area (Å²) in [5.74, 6) is -0.384. The maximum absolute atomic E-state index is 13.4. The van der Waals surface area contributed by atoms with Crippen molar-refractivity contribution in [2.24, 2.45) is 4.99 Å². The molecule has 0 bridgehead atoms. The van der Waals surface area contributed by atoms with Crippen LogP contribution in [0.25, 0.3) is 0 Å². The number of esters is 1. The fourth-order valence-electron chi connectivity index (χ4n) is 4.63. The summed E-state index contributed by atoms with van der Waals surface area (Å²) in [6.45, 7) is 2.57. The fourth-order valence-corrected chi connectivity index (χ4v) is 5.04. The second-order valence-corrected chi connectivity index (χ2v) is 9.65. The van der Waals surface area contributed by atoms with E-state index in [1.807, 2.05) is 11.0 Å². The normalized spacial score (nSPS) is 19.5. The smallest absolute Gasteiger partial charge is 0.306 e. The Balaban J connectivity index is 1.65. The van der Waals surface area contributed by atoms with E-state index in [1.54, 1.807) is 6.34 Å². The molecule has 1 N–H and O–H groups in total. The maximum Gasteiger partial charge on any atom is 0.306 e. The number of halogens is 1. The first-order valence-corrected chi connectivity index (χ1v) is 12.5. The van der Waals surface area contributed by atoms with Crippen molar-refractivity contribution in [1.29, 1.82) is 0 Å². The Morgan fingerprint density at radius 2 is 2.12 bits per heavy atom. The molecule has 0 spiro atoms. The molecule has 1 aromatic carbocycles. The Morgan fingerprint density at radius 3 is 2.85 bits per heavy atom. The highest BCUT2D eigenvalue weighted by Crippen LogP contribution is 2.33. The lowest BCUT2D eigenvalue weighted by Gasteiger charge is -2.34. The van der Waals surface area contributed by atoms with E-state index in [-0.39, 0.29) is 30.8 Å². The molecule has 0 aromatic heterocycles. The number of allylic oxidation sites excluding steroid dienone is 3. The van der Waals surface area contributed by atoms with Gasteiger partial charge in [0.2, 0.25) is 5.91 Å². The average molecular weight is 527 g/mol. The van der Waals surface area contributed by atoms with Gasteiger partial charge in [0.1, 0.15) is 0 Å². The van der Waals surface area contributed by atoms with Crippen molar-refractivity contribution in [3.05, 3.63) is 63.8 Å². The zero-order chi connectivity index (χ0) is 23.9. The van der Waals surface area contributed by atoms with E-state index < -0.39 is 0 Å². The third kappa shape index (κ3) is 6.17. The lowest BCUT2D eigenvalue weighted by Crippen LogP contribution is -2.45. The topological polar surface area (TPSA) is 74.2 Å². The van der Waals surface area contributed by atoms with E-state index in [0.29, 0.717) is 26.2 Å². The van der Waals surface area contributed by atoms with Crippen molar-refractivity contribution >= 4 is 39.8 Å². The average Bonchev–Trinajstić information content (AvgIpc) is 3.00. The minimum atomic E-state index is -0.362. The maximum atomic E-state index is 13.4. The highest BCUT2D eigenvalue weighted by Gasteiger charge is 2.32. The molecule has 0 fully saturated rings. The number of benzene rings is 1. The molecule has 2 aliphatic heterocycles. The first kappa shape index (κ1) is 24.3. The number of carbonyl (C=O) groups excluding carboxylic acids is 2. The number of amides is 1. The summed E-state index contributed by atoms with van der Waals surface area (Å²) >= 11 is 3.60. The van der Waals surface area contributed by atoms with Crippen LogP contribution in [0.4, 0.5) is 5.69 Å². The van der Waals surface area contributed by atoms with Crippen molar-refractivity contribution in [3.8, 4) is 0 Å². The predicted octanol–water partition coefficient (Wildman–Crippen LogP) is 4.10. The van der Waals surface area contributed by atoms with Gasteiger partial charge >= 0.3 is 5.97 Å². The highest BCUT2D eigenvalue weighted by molar-refractivity contribution is 9.10. The summed E-state index contributed by atoms with van der Waals surface area (Å²) in [6, 6.07) is 6.24. The largest absolute Gasteiger partial charge is 0.469 e. The van der Waals surface area contributed by atoms with Gasteiger partial charge in [-0.15, -0.1) is 0 Å². The molecule has 1 amide bonds. The number of aliphatic imine (C=N–C) groups is 1. The SMILES string of the molecule is COC(=O)CCC(=O)N1Cc2cc(Br)ccc2N(CC2=CCN=CN2)C[C@H]1CC1=CCCC=C1. The van der Waals surface area contributed by atoms with Gasteiger partial charge in [-0.25, -0.2) is 0 Å². The molecule has 8 heteroatoms. The van der Waals surface area contributed by atoms with Gasteiger partial charge in [0.05, 0.1) is 39.0 Å². The Kier molecular flexibility index (Phi) is 8.21. The molecule has 180 valence electrons. The lowest BCUT2D eigenvalue weighted by atomic mass is 9.98. The molecule has 3 aliphatic rings. The first-order chi connectivity index (χ1) is 16.5. The molecular formula is C26H31BrN4O3. The first-order valence-electron chi connectivity index (χ1n) is 11.7. The van der Waals surface area contributed by atoms with Crippen LogP contribution < -0.4 is 10.2 Å². The zero-order valence-electron chi connectivity index (χ0n) is 19.5. The van der Waals surface area contributed by atoms with Crippen molar-refractivity contribution in [3.63, 3.8) is 0 Å². The molecule has 1 aromatic rings. The summed E-state index contributed by atoms with van der Waals surface area (Å²) < 4.78 is 5.75. The number of hydrogen-bond acceptors (Lipinski definition) is 6. The van der Waals surface area contributed by atoms with Crippen molar-refractivity contribution in [2.75, 3.05) is 31.6 Å². The lowest BCUT2D eigenvalue weighted by molar-refractivity contribution is -0.144. The van der Waals surface area contributed by atoms with E-state index in [2.05, 4.69) is 67.6 Å². The predicted molar refractivity (Wildman–Crippen MR) is 138 cm³/mol. The molecule has 0 unspecified atom stereocenters. The third-order valence-corrected chi connectivity index (χ3v) is 6.87. The number of nitrogens with zero attached hydrogens (tertiary/aromatic N) is 3. The molecule has 34 heavy (non-hydrogen) atoms. The number of ether oxygens (including phenoxy) is 1. The van der Waals surface area contributed by atoms with Crippen molar-refractivity contribution < 1.29 is 14.3 Å². The summed E-state index contributed by atoms with van der Waals surface area (Å²) in [4.78, 5) is 33.7. The molecule has 0 radical (unpaired) electrons.